The lowest BCUT2D eigenvalue weighted by atomic mass is 10.3. The summed E-state index contributed by atoms with van der Waals surface area (Å²) < 4.78 is 4.75. The lowest BCUT2D eigenvalue weighted by molar-refractivity contribution is -0.141. The SMILES string of the molecule is CCOC(=O)CNC(=S)Nc1ccccc1N. The lowest BCUT2D eigenvalue weighted by Crippen LogP contribution is -2.34. The van der Waals surface area contributed by atoms with Crippen molar-refractivity contribution < 1.29 is 9.53 Å². The number of hydrogen-bond donors (Lipinski definition) is 3. The number of ether oxygens (including phenoxy) is 1. The molecule has 0 unspecified atom stereocenters. The minimum atomic E-state index is -0.349. The van der Waals surface area contributed by atoms with Crippen LogP contribution in [0.4, 0.5) is 11.4 Å². The van der Waals surface area contributed by atoms with Crippen molar-refractivity contribution in [1.82, 2.24) is 5.32 Å². The second-order valence-corrected chi connectivity index (χ2v) is 3.61. The van der Waals surface area contributed by atoms with Crippen LogP contribution in [0.1, 0.15) is 6.92 Å². The Morgan fingerprint density at radius 2 is 2.18 bits per heavy atom. The Labute approximate surface area is 105 Å². The topological polar surface area (TPSA) is 76.4 Å². The van der Waals surface area contributed by atoms with Crippen molar-refractivity contribution in [3.63, 3.8) is 0 Å². The van der Waals surface area contributed by atoms with E-state index in [0.29, 0.717) is 23.1 Å². The van der Waals surface area contributed by atoms with E-state index in [1.54, 1.807) is 19.1 Å². The molecule has 1 aromatic rings. The van der Waals surface area contributed by atoms with Crippen molar-refractivity contribution in [2.75, 3.05) is 24.2 Å². The molecule has 0 amide bonds. The van der Waals surface area contributed by atoms with E-state index in [1.807, 2.05) is 12.1 Å². The first-order valence-corrected chi connectivity index (χ1v) is 5.59. The molecule has 0 aliphatic heterocycles. The average molecular weight is 253 g/mol. The largest absolute Gasteiger partial charge is 0.465 e. The van der Waals surface area contributed by atoms with Crippen molar-refractivity contribution in [2.24, 2.45) is 0 Å². The number of esters is 1. The normalized spacial score (nSPS) is 9.47. The molecule has 92 valence electrons. The Hall–Kier alpha value is -1.82. The number of rotatable bonds is 4. The van der Waals surface area contributed by atoms with Crippen LogP contribution in [0.2, 0.25) is 0 Å². The zero-order chi connectivity index (χ0) is 12.7. The number of benzene rings is 1. The molecular formula is C11H15N3O2S. The van der Waals surface area contributed by atoms with Crippen molar-refractivity contribution in [3.8, 4) is 0 Å². The molecule has 0 heterocycles. The van der Waals surface area contributed by atoms with Crippen LogP contribution in [0.15, 0.2) is 24.3 Å². The van der Waals surface area contributed by atoms with E-state index >= 15 is 0 Å². The molecule has 0 bridgehead atoms. The molecule has 0 saturated heterocycles. The number of carbonyl (C=O) groups excluding carboxylic acids is 1. The summed E-state index contributed by atoms with van der Waals surface area (Å²) in [6.45, 7) is 2.14. The smallest absolute Gasteiger partial charge is 0.325 e. The summed E-state index contributed by atoms with van der Waals surface area (Å²) in [6.07, 6.45) is 0. The van der Waals surface area contributed by atoms with Gasteiger partial charge in [0.25, 0.3) is 0 Å². The van der Waals surface area contributed by atoms with Gasteiger partial charge in [-0.25, -0.2) is 0 Å². The summed E-state index contributed by atoms with van der Waals surface area (Å²) in [4.78, 5) is 11.1. The van der Waals surface area contributed by atoms with Gasteiger partial charge in [-0.05, 0) is 31.3 Å². The zero-order valence-corrected chi connectivity index (χ0v) is 10.3. The third-order valence-corrected chi connectivity index (χ3v) is 2.15. The number of thiocarbonyl (C=S) groups is 1. The highest BCUT2D eigenvalue weighted by Crippen LogP contribution is 2.16. The van der Waals surface area contributed by atoms with Crippen molar-refractivity contribution in [1.29, 1.82) is 0 Å². The fourth-order valence-electron chi connectivity index (χ4n) is 1.14. The van der Waals surface area contributed by atoms with Gasteiger partial charge in [0, 0.05) is 0 Å². The third kappa shape index (κ3) is 4.69. The molecule has 5 nitrogen and oxygen atoms in total. The van der Waals surface area contributed by atoms with Gasteiger partial charge in [-0.15, -0.1) is 0 Å². The minimum Gasteiger partial charge on any atom is -0.465 e. The van der Waals surface area contributed by atoms with Crippen molar-refractivity contribution in [3.05, 3.63) is 24.3 Å². The molecule has 17 heavy (non-hydrogen) atoms. The van der Waals surface area contributed by atoms with Gasteiger partial charge in [0.2, 0.25) is 0 Å². The first-order valence-electron chi connectivity index (χ1n) is 5.18. The van der Waals surface area contributed by atoms with Gasteiger partial charge < -0.3 is 21.1 Å². The molecular weight excluding hydrogens is 238 g/mol. The first-order chi connectivity index (χ1) is 8.13. The first kappa shape index (κ1) is 13.2. The van der Waals surface area contributed by atoms with Gasteiger partial charge in [-0.3, -0.25) is 4.79 Å². The summed E-state index contributed by atoms with van der Waals surface area (Å²) >= 11 is 5.01. The summed E-state index contributed by atoms with van der Waals surface area (Å²) in [6, 6.07) is 7.23. The van der Waals surface area contributed by atoms with Crippen molar-refractivity contribution >= 4 is 34.7 Å². The minimum absolute atomic E-state index is 0.0341. The second-order valence-electron chi connectivity index (χ2n) is 3.20. The van der Waals surface area contributed by atoms with Crippen LogP contribution in [0.25, 0.3) is 0 Å². The highest BCUT2D eigenvalue weighted by molar-refractivity contribution is 7.80. The van der Waals surface area contributed by atoms with E-state index in [0.717, 1.165) is 0 Å². The molecule has 0 saturated carbocycles. The molecule has 0 aromatic heterocycles. The molecule has 4 N–H and O–H groups in total. The van der Waals surface area contributed by atoms with Crippen molar-refractivity contribution in [2.45, 2.75) is 6.92 Å². The summed E-state index contributed by atoms with van der Waals surface area (Å²) in [5.74, 6) is -0.349. The Bertz CT molecular complexity index is 409. The van der Waals surface area contributed by atoms with Crippen LogP contribution in [-0.2, 0) is 9.53 Å². The number of anilines is 2. The predicted octanol–water partition coefficient (Wildman–Crippen LogP) is 1.12. The van der Waals surface area contributed by atoms with Crippen LogP contribution in [-0.4, -0.2) is 24.2 Å². The van der Waals surface area contributed by atoms with E-state index in [4.69, 9.17) is 22.7 Å². The fraction of sp³-hybridized carbons (Fsp3) is 0.273. The van der Waals surface area contributed by atoms with E-state index in [9.17, 15) is 4.79 Å². The van der Waals surface area contributed by atoms with Gasteiger partial charge in [-0.1, -0.05) is 12.1 Å². The van der Waals surface area contributed by atoms with Gasteiger partial charge >= 0.3 is 5.97 Å². The van der Waals surface area contributed by atoms with Gasteiger partial charge in [0.15, 0.2) is 5.11 Å². The van der Waals surface area contributed by atoms with E-state index in [-0.39, 0.29) is 12.5 Å². The number of para-hydroxylation sites is 2. The molecule has 0 aliphatic carbocycles. The van der Waals surface area contributed by atoms with Gasteiger partial charge in [0.1, 0.15) is 6.54 Å². The molecule has 0 aliphatic rings. The maximum atomic E-state index is 11.1. The van der Waals surface area contributed by atoms with Crippen LogP contribution < -0.4 is 16.4 Å². The molecule has 1 aromatic carbocycles. The van der Waals surface area contributed by atoms with Gasteiger partial charge in [0.05, 0.1) is 18.0 Å². The summed E-state index contributed by atoms with van der Waals surface area (Å²) in [7, 11) is 0. The number of hydrogen-bond acceptors (Lipinski definition) is 4. The summed E-state index contributed by atoms with van der Waals surface area (Å²) in [5, 5.41) is 5.96. The highest BCUT2D eigenvalue weighted by Gasteiger charge is 2.04. The fourth-order valence-corrected chi connectivity index (χ4v) is 1.32. The predicted molar refractivity (Wildman–Crippen MR) is 71.7 cm³/mol. The van der Waals surface area contributed by atoms with Crippen LogP contribution in [0, 0.1) is 0 Å². The Morgan fingerprint density at radius 1 is 1.47 bits per heavy atom. The standard InChI is InChI=1S/C11H15N3O2S/c1-2-16-10(15)7-13-11(17)14-9-6-4-3-5-8(9)12/h3-6H,2,7,12H2,1H3,(H2,13,14,17). The third-order valence-electron chi connectivity index (χ3n) is 1.91. The van der Waals surface area contributed by atoms with Gasteiger partial charge in [-0.2, -0.15) is 0 Å². The monoisotopic (exact) mass is 253 g/mol. The molecule has 0 atom stereocenters. The molecule has 0 spiro atoms. The number of carbonyl (C=O) groups is 1. The second kappa shape index (κ2) is 6.70. The number of nitrogens with two attached hydrogens (primary N) is 1. The lowest BCUT2D eigenvalue weighted by Gasteiger charge is -2.11. The average Bonchev–Trinajstić information content (AvgIpc) is 2.30. The van der Waals surface area contributed by atoms with E-state index in [1.165, 1.54) is 0 Å². The van der Waals surface area contributed by atoms with Crippen LogP contribution in [0.3, 0.4) is 0 Å². The Morgan fingerprint density at radius 3 is 2.82 bits per heavy atom. The molecule has 6 heteroatoms. The molecule has 1 rings (SSSR count). The number of nitrogens with one attached hydrogen (secondary N) is 2. The zero-order valence-electron chi connectivity index (χ0n) is 9.53. The maximum absolute atomic E-state index is 11.1. The summed E-state index contributed by atoms with van der Waals surface area (Å²) in [5.41, 5.74) is 7.02. The quantitative estimate of drug-likeness (QED) is 0.424. The van der Waals surface area contributed by atoms with E-state index in [2.05, 4.69) is 10.6 Å². The molecule has 0 fully saturated rings. The Balaban J connectivity index is 2.40. The Kier molecular flexibility index (Phi) is 5.22. The number of nitrogen functional groups attached to an aromatic ring is 1. The highest BCUT2D eigenvalue weighted by atomic mass is 32.1. The molecule has 0 radical (unpaired) electrons. The van der Waals surface area contributed by atoms with Crippen LogP contribution in [0.5, 0.6) is 0 Å². The van der Waals surface area contributed by atoms with E-state index < -0.39 is 0 Å². The van der Waals surface area contributed by atoms with Crippen LogP contribution >= 0.6 is 12.2 Å². The maximum Gasteiger partial charge on any atom is 0.325 e.